The average Bonchev–Trinajstić information content (AvgIpc) is 2.76. The van der Waals surface area contributed by atoms with Crippen LogP contribution in [0.4, 0.5) is 8.78 Å². The van der Waals surface area contributed by atoms with Crippen molar-refractivity contribution >= 4 is 5.78 Å². The Hall–Kier alpha value is -2.04. The number of benzene rings is 1. The van der Waals surface area contributed by atoms with Gasteiger partial charge < -0.3 is 0 Å². The zero-order valence-corrected chi connectivity index (χ0v) is 10.8. The fourth-order valence-corrected chi connectivity index (χ4v) is 1.98. The molecule has 0 aliphatic rings. The molecule has 0 atom stereocenters. The molecular weight excluding hydrogens is 250 g/mol. The number of ketones is 1. The molecule has 1 aromatic heterocycles. The number of aromatic nitrogens is 2. The number of Topliss-reactive ketones (excluding diaryl/α,β-unsaturated/α-hetero) is 1. The van der Waals surface area contributed by atoms with E-state index in [-0.39, 0.29) is 17.8 Å². The van der Waals surface area contributed by atoms with Crippen LogP contribution >= 0.6 is 0 Å². The Kier molecular flexibility index (Phi) is 3.74. The third-order valence-corrected chi connectivity index (χ3v) is 2.92. The van der Waals surface area contributed by atoms with Gasteiger partial charge in [0.05, 0.1) is 11.3 Å². The first kappa shape index (κ1) is 13.4. The third-order valence-electron chi connectivity index (χ3n) is 2.92. The molecule has 0 N–H and O–H groups in total. The van der Waals surface area contributed by atoms with Gasteiger partial charge in [0.2, 0.25) is 0 Å². The van der Waals surface area contributed by atoms with Crippen LogP contribution in [0.3, 0.4) is 0 Å². The highest BCUT2D eigenvalue weighted by molar-refractivity contribution is 5.98. The van der Waals surface area contributed by atoms with Crippen molar-refractivity contribution in [1.29, 1.82) is 0 Å². The molecule has 0 saturated heterocycles. The number of halogens is 2. The van der Waals surface area contributed by atoms with Gasteiger partial charge in [0.25, 0.3) is 0 Å². The minimum atomic E-state index is -0.960. The SMILES string of the molecule is CCc1nn(C)cc1C(=O)Cc1cccc(F)c1F. The van der Waals surface area contributed by atoms with Crippen molar-refractivity contribution in [2.24, 2.45) is 7.05 Å². The maximum atomic E-state index is 13.5. The first-order chi connectivity index (χ1) is 9.02. The van der Waals surface area contributed by atoms with Crippen molar-refractivity contribution in [3.8, 4) is 0 Å². The monoisotopic (exact) mass is 264 g/mol. The van der Waals surface area contributed by atoms with Gasteiger partial charge in [-0.2, -0.15) is 5.10 Å². The Bertz CT molecular complexity index is 620. The van der Waals surface area contributed by atoms with E-state index in [0.29, 0.717) is 17.7 Å². The van der Waals surface area contributed by atoms with E-state index in [1.165, 1.54) is 12.1 Å². The topological polar surface area (TPSA) is 34.9 Å². The minimum absolute atomic E-state index is 0.0657. The molecule has 0 aliphatic heterocycles. The van der Waals surface area contributed by atoms with Gasteiger partial charge in [-0.1, -0.05) is 19.1 Å². The summed E-state index contributed by atoms with van der Waals surface area (Å²) < 4.78 is 28.1. The van der Waals surface area contributed by atoms with Gasteiger partial charge in [-0.15, -0.1) is 0 Å². The number of aryl methyl sites for hydroxylation is 2. The Balaban J connectivity index is 2.28. The standard InChI is InChI=1S/C14H14F2N2O/c1-3-12-10(8-18(2)17-12)13(19)7-9-5-4-6-11(15)14(9)16/h4-6,8H,3,7H2,1-2H3. The zero-order valence-electron chi connectivity index (χ0n) is 10.8. The van der Waals surface area contributed by atoms with E-state index in [2.05, 4.69) is 5.10 Å². The summed E-state index contributed by atoms with van der Waals surface area (Å²) in [5.41, 5.74) is 1.20. The fraction of sp³-hybridized carbons (Fsp3) is 0.286. The third kappa shape index (κ3) is 2.70. The van der Waals surface area contributed by atoms with Crippen LogP contribution in [-0.4, -0.2) is 15.6 Å². The van der Waals surface area contributed by atoms with Gasteiger partial charge in [-0.05, 0) is 18.1 Å². The molecule has 1 heterocycles. The van der Waals surface area contributed by atoms with Crippen molar-refractivity contribution in [2.45, 2.75) is 19.8 Å². The van der Waals surface area contributed by atoms with E-state index in [0.717, 1.165) is 6.07 Å². The normalized spacial score (nSPS) is 10.7. The Labute approximate surface area is 109 Å². The molecular formula is C14H14F2N2O. The lowest BCUT2D eigenvalue weighted by Crippen LogP contribution is -2.07. The van der Waals surface area contributed by atoms with E-state index < -0.39 is 11.6 Å². The van der Waals surface area contributed by atoms with Gasteiger partial charge in [-0.25, -0.2) is 8.78 Å². The number of hydrogen-bond donors (Lipinski definition) is 0. The predicted octanol–water partition coefficient (Wildman–Crippen LogP) is 2.69. The molecule has 3 nitrogen and oxygen atoms in total. The van der Waals surface area contributed by atoms with Crippen LogP contribution < -0.4 is 0 Å². The molecule has 2 rings (SSSR count). The molecule has 100 valence electrons. The van der Waals surface area contributed by atoms with Gasteiger partial charge >= 0.3 is 0 Å². The number of hydrogen-bond acceptors (Lipinski definition) is 2. The lowest BCUT2D eigenvalue weighted by atomic mass is 10.0. The van der Waals surface area contributed by atoms with E-state index in [1.54, 1.807) is 17.9 Å². The van der Waals surface area contributed by atoms with Crippen LogP contribution in [0.1, 0.15) is 28.5 Å². The number of nitrogens with zero attached hydrogens (tertiary/aromatic N) is 2. The summed E-state index contributed by atoms with van der Waals surface area (Å²) in [6.07, 6.45) is 2.06. The molecule has 0 aliphatic carbocycles. The minimum Gasteiger partial charge on any atom is -0.294 e. The molecule has 19 heavy (non-hydrogen) atoms. The van der Waals surface area contributed by atoms with Crippen LogP contribution in [0.25, 0.3) is 0 Å². The zero-order chi connectivity index (χ0) is 14.0. The van der Waals surface area contributed by atoms with Gasteiger partial charge in [0.15, 0.2) is 17.4 Å². The average molecular weight is 264 g/mol. The van der Waals surface area contributed by atoms with Crippen LogP contribution in [0, 0.1) is 11.6 Å². The summed E-state index contributed by atoms with van der Waals surface area (Å²) in [5, 5.41) is 4.16. The summed E-state index contributed by atoms with van der Waals surface area (Å²) in [7, 11) is 1.72. The quantitative estimate of drug-likeness (QED) is 0.796. The van der Waals surface area contributed by atoms with Crippen molar-refractivity contribution in [1.82, 2.24) is 9.78 Å². The lowest BCUT2D eigenvalue weighted by molar-refractivity contribution is 0.0990. The summed E-state index contributed by atoms with van der Waals surface area (Å²) in [6, 6.07) is 3.84. The first-order valence-electron chi connectivity index (χ1n) is 6.01. The highest BCUT2D eigenvalue weighted by Gasteiger charge is 2.17. The molecule has 0 saturated carbocycles. The first-order valence-corrected chi connectivity index (χ1v) is 6.01. The molecule has 0 unspecified atom stereocenters. The van der Waals surface area contributed by atoms with Crippen LogP contribution in [0.15, 0.2) is 24.4 Å². The summed E-state index contributed by atoms with van der Waals surface area (Å²) in [6.45, 7) is 1.89. The number of carbonyl (C=O) groups is 1. The maximum absolute atomic E-state index is 13.5. The van der Waals surface area contributed by atoms with Gasteiger partial charge in [-0.3, -0.25) is 9.48 Å². The highest BCUT2D eigenvalue weighted by atomic mass is 19.2. The Morgan fingerprint density at radius 3 is 2.79 bits per heavy atom. The largest absolute Gasteiger partial charge is 0.294 e. The van der Waals surface area contributed by atoms with E-state index in [1.807, 2.05) is 6.92 Å². The number of carbonyl (C=O) groups excluding carboxylic acids is 1. The lowest BCUT2D eigenvalue weighted by Gasteiger charge is -2.03. The second-order valence-electron chi connectivity index (χ2n) is 4.33. The van der Waals surface area contributed by atoms with E-state index in [4.69, 9.17) is 0 Å². The number of rotatable bonds is 4. The van der Waals surface area contributed by atoms with E-state index in [9.17, 15) is 13.6 Å². The van der Waals surface area contributed by atoms with Gasteiger partial charge in [0, 0.05) is 19.7 Å². The van der Waals surface area contributed by atoms with Crippen molar-refractivity contribution in [2.75, 3.05) is 0 Å². The van der Waals surface area contributed by atoms with Crippen molar-refractivity contribution in [3.05, 3.63) is 52.9 Å². The maximum Gasteiger partial charge on any atom is 0.170 e. The molecule has 1 aromatic carbocycles. The molecule has 2 aromatic rings. The van der Waals surface area contributed by atoms with Crippen LogP contribution in [0.2, 0.25) is 0 Å². The Morgan fingerprint density at radius 2 is 2.11 bits per heavy atom. The van der Waals surface area contributed by atoms with Gasteiger partial charge in [0.1, 0.15) is 0 Å². The second-order valence-corrected chi connectivity index (χ2v) is 4.33. The molecule has 0 fully saturated rings. The van der Waals surface area contributed by atoms with Crippen LogP contribution in [-0.2, 0) is 19.9 Å². The highest BCUT2D eigenvalue weighted by Crippen LogP contribution is 2.16. The molecule has 0 radical (unpaired) electrons. The smallest absolute Gasteiger partial charge is 0.170 e. The summed E-state index contributed by atoms with van der Waals surface area (Å²) in [4.78, 5) is 12.1. The summed E-state index contributed by atoms with van der Waals surface area (Å²) >= 11 is 0. The van der Waals surface area contributed by atoms with E-state index >= 15 is 0 Å². The fourth-order valence-electron chi connectivity index (χ4n) is 1.98. The molecule has 0 bridgehead atoms. The van der Waals surface area contributed by atoms with Crippen LogP contribution in [0.5, 0.6) is 0 Å². The Morgan fingerprint density at radius 1 is 1.37 bits per heavy atom. The van der Waals surface area contributed by atoms with Crippen molar-refractivity contribution in [3.63, 3.8) is 0 Å². The molecule has 5 heteroatoms. The molecule has 0 spiro atoms. The predicted molar refractivity (Wildman–Crippen MR) is 67.0 cm³/mol. The van der Waals surface area contributed by atoms with Crippen molar-refractivity contribution < 1.29 is 13.6 Å². The molecule has 0 amide bonds. The second kappa shape index (κ2) is 5.30. The summed E-state index contributed by atoms with van der Waals surface area (Å²) in [5.74, 6) is -2.15.